The van der Waals surface area contributed by atoms with Gasteiger partial charge in [-0.3, -0.25) is 13.9 Å². The average Bonchev–Trinajstić information content (AvgIpc) is 2.95. The lowest BCUT2D eigenvalue weighted by Gasteiger charge is -2.24. The zero-order valence-electron chi connectivity index (χ0n) is 16.8. The Morgan fingerprint density at radius 3 is 2.52 bits per heavy atom. The smallest absolute Gasteiger partial charge is 0.332 e. The predicted octanol–water partition coefficient (Wildman–Crippen LogP) is 0.653. The Morgan fingerprint density at radius 2 is 1.93 bits per heavy atom. The quantitative estimate of drug-likeness (QED) is 0.570. The van der Waals surface area contributed by atoms with Gasteiger partial charge < -0.3 is 20.5 Å². The monoisotopic (exact) mass is 398 g/mol. The number of nitrogens with two attached hydrogens (primary N) is 1. The van der Waals surface area contributed by atoms with Crippen LogP contribution < -0.4 is 22.3 Å². The van der Waals surface area contributed by atoms with Gasteiger partial charge in [0.1, 0.15) is 4.83 Å². The van der Waals surface area contributed by atoms with Crippen LogP contribution in [0.15, 0.2) is 9.59 Å². The molecule has 0 atom stereocenters. The highest BCUT2D eigenvalue weighted by atomic mass is 32.1. The molecule has 0 aliphatic heterocycles. The first kappa shape index (κ1) is 21.8. The lowest BCUT2D eigenvalue weighted by Crippen LogP contribution is -2.45. The van der Waals surface area contributed by atoms with E-state index in [1.165, 1.54) is 15.9 Å². The van der Waals surface area contributed by atoms with Crippen LogP contribution in [0.1, 0.15) is 24.3 Å². The standard InChI is InChI=1S/C18H30N4O4S/c1-12-13(10-20-7-6-19)27-16-14(12)15(23)22(11-18(2,3)26-5)17(24)21(16)8-9-25-4/h20H,6-11,19H2,1-5H3. The number of hydrogen-bond acceptors (Lipinski definition) is 7. The van der Waals surface area contributed by atoms with E-state index in [0.717, 1.165) is 10.4 Å². The second-order valence-corrected chi connectivity index (χ2v) is 8.16. The Bertz CT molecular complexity index is 897. The van der Waals surface area contributed by atoms with E-state index >= 15 is 0 Å². The first-order valence-electron chi connectivity index (χ1n) is 8.98. The molecule has 0 unspecified atom stereocenters. The molecule has 0 bridgehead atoms. The summed E-state index contributed by atoms with van der Waals surface area (Å²) in [6.07, 6.45) is 0. The van der Waals surface area contributed by atoms with Crippen molar-refractivity contribution in [3.8, 4) is 0 Å². The van der Waals surface area contributed by atoms with Gasteiger partial charge in [-0.15, -0.1) is 11.3 Å². The molecule has 27 heavy (non-hydrogen) atoms. The van der Waals surface area contributed by atoms with Gasteiger partial charge in [0, 0.05) is 38.7 Å². The maximum Gasteiger partial charge on any atom is 0.332 e. The number of hydrogen-bond donors (Lipinski definition) is 2. The van der Waals surface area contributed by atoms with E-state index in [2.05, 4.69) is 5.32 Å². The number of nitrogens with one attached hydrogen (secondary N) is 1. The summed E-state index contributed by atoms with van der Waals surface area (Å²) < 4.78 is 13.5. The molecule has 0 spiro atoms. The molecule has 8 nitrogen and oxygen atoms in total. The molecule has 0 aliphatic rings. The van der Waals surface area contributed by atoms with E-state index in [4.69, 9.17) is 15.2 Å². The van der Waals surface area contributed by atoms with Gasteiger partial charge in [-0.2, -0.15) is 0 Å². The maximum absolute atomic E-state index is 13.2. The third kappa shape index (κ3) is 4.67. The Kier molecular flexibility index (Phi) is 7.35. The Balaban J connectivity index is 2.68. The van der Waals surface area contributed by atoms with Gasteiger partial charge in [-0.05, 0) is 26.3 Å². The van der Waals surface area contributed by atoms with Crippen molar-refractivity contribution in [3.05, 3.63) is 31.3 Å². The second kappa shape index (κ2) is 9.11. The minimum Gasteiger partial charge on any atom is -0.383 e. The average molecular weight is 399 g/mol. The van der Waals surface area contributed by atoms with Crippen LogP contribution in [0.3, 0.4) is 0 Å². The number of thiophene rings is 1. The number of aromatic nitrogens is 2. The first-order chi connectivity index (χ1) is 12.8. The summed E-state index contributed by atoms with van der Waals surface area (Å²) in [6.45, 7) is 8.43. The van der Waals surface area contributed by atoms with E-state index in [9.17, 15) is 9.59 Å². The summed E-state index contributed by atoms with van der Waals surface area (Å²) in [4.78, 5) is 28.0. The van der Waals surface area contributed by atoms with Gasteiger partial charge in [0.25, 0.3) is 5.56 Å². The maximum atomic E-state index is 13.2. The largest absolute Gasteiger partial charge is 0.383 e. The van der Waals surface area contributed by atoms with Crippen LogP contribution in [-0.2, 0) is 29.1 Å². The van der Waals surface area contributed by atoms with Crippen molar-refractivity contribution in [2.24, 2.45) is 5.73 Å². The zero-order valence-corrected chi connectivity index (χ0v) is 17.6. The van der Waals surface area contributed by atoms with Gasteiger partial charge in [0.2, 0.25) is 0 Å². The van der Waals surface area contributed by atoms with Crippen LogP contribution in [0.5, 0.6) is 0 Å². The van der Waals surface area contributed by atoms with Crippen LogP contribution in [-0.4, -0.2) is 48.7 Å². The second-order valence-electron chi connectivity index (χ2n) is 7.08. The molecule has 0 saturated heterocycles. The molecule has 152 valence electrons. The lowest BCUT2D eigenvalue weighted by molar-refractivity contribution is 0.00618. The SMILES string of the molecule is COCCn1c(=O)n(CC(C)(C)OC)c(=O)c2c(C)c(CNCCN)sc21. The van der Waals surface area contributed by atoms with E-state index in [1.807, 2.05) is 20.8 Å². The molecule has 0 fully saturated rings. The van der Waals surface area contributed by atoms with Gasteiger partial charge in [-0.25, -0.2) is 4.79 Å². The highest BCUT2D eigenvalue weighted by Gasteiger charge is 2.24. The van der Waals surface area contributed by atoms with Crippen molar-refractivity contribution in [1.29, 1.82) is 0 Å². The van der Waals surface area contributed by atoms with Crippen molar-refractivity contribution < 1.29 is 9.47 Å². The number of ether oxygens (including phenoxy) is 2. The van der Waals surface area contributed by atoms with Crippen molar-refractivity contribution in [2.45, 2.75) is 46.0 Å². The molecular weight excluding hydrogens is 368 g/mol. The van der Waals surface area contributed by atoms with Crippen molar-refractivity contribution in [3.63, 3.8) is 0 Å². The molecule has 0 aliphatic carbocycles. The van der Waals surface area contributed by atoms with Crippen molar-refractivity contribution in [1.82, 2.24) is 14.5 Å². The third-order valence-corrected chi connectivity index (χ3v) is 5.92. The van der Waals surface area contributed by atoms with Crippen LogP contribution >= 0.6 is 11.3 Å². The molecule has 2 aromatic heterocycles. The number of rotatable bonds is 10. The molecular formula is C18H30N4O4S. The van der Waals surface area contributed by atoms with Crippen LogP contribution in [0.2, 0.25) is 0 Å². The molecule has 0 aromatic carbocycles. The predicted molar refractivity (Wildman–Crippen MR) is 109 cm³/mol. The van der Waals surface area contributed by atoms with Crippen LogP contribution in [0.4, 0.5) is 0 Å². The van der Waals surface area contributed by atoms with E-state index < -0.39 is 5.60 Å². The van der Waals surface area contributed by atoms with E-state index in [0.29, 0.717) is 43.0 Å². The summed E-state index contributed by atoms with van der Waals surface area (Å²) >= 11 is 1.47. The summed E-state index contributed by atoms with van der Waals surface area (Å²) in [5.41, 5.74) is 5.20. The van der Waals surface area contributed by atoms with E-state index in [1.54, 1.807) is 18.8 Å². The summed E-state index contributed by atoms with van der Waals surface area (Å²) in [7, 11) is 3.16. The Morgan fingerprint density at radius 1 is 1.22 bits per heavy atom. The fourth-order valence-electron chi connectivity index (χ4n) is 2.88. The van der Waals surface area contributed by atoms with Crippen LogP contribution in [0, 0.1) is 6.92 Å². The number of nitrogens with zero attached hydrogens (tertiary/aromatic N) is 2. The fraction of sp³-hybridized carbons (Fsp3) is 0.667. The molecule has 0 amide bonds. The van der Waals surface area contributed by atoms with Crippen LogP contribution in [0.25, 0.3) is 10.2 Å². The molecule has 2 aromatic rings. The minimum absolute atomic E-state index is 0.181. The highest BCUT2D eigenvalue weighted by molar-refractivity contribution is 7.18. The lowest BCUT2D eigenvalue weighted by atomic mass is 10.1. The van der Waals surface area contributed by atoms with Gasteiger partial charge in [0.15, 0.2) is 0 Å². The van der Waals surface area contributed by atoms with E-state index in [-0.39, 0.29) is 17.8 Å². The topological polar surface area (TPSA) is 101 Å². The normalized spacial score (nSPS) is 12.2. The fourth-order valence-corrected chi connectivity index (χ4v) is 4.16. The molecule has 3 N–H and O–H groups in total. The molecule has 9 heteroatoms. The molecule has 0 saturated carbocycles. The molecule has 2 rings (SSSR count). The zero-order chi connectivity index (χ0) is 20.2. The van der Waals surface area contributed by atoms with Crippen molar-refractivity contribution >= 4 is 21.6 Å². The molecule has 0 radical (unpaired) electrons. The minimum atomic E-state index is -0.634. The van der Waals surface area contributed by atoms with Gasteiger partial charge in [0.05, 0.1) is 30.7 Å². The third-order valence-electron chi connectivity index (χ3n) is 4.61. The summed E-state index contributed by atoms with van der Waals surface area (Å²) in [5.74, 6) is 0. The Hall–Kier alpha value is -1.52. The van der Waals surface area contributed by atoms with Crippen molar-refractivity contribution in [2.75, 3.05) is 33.9 Å². The summed E-state index contributed by atoms with van der Waals surface area (Å²) in [5, 5.41) is 3.85. The first-order valence-corrected chi connectivity index (χ1v) is 9.79. The van der Waals surface area contributed by atoms with Gasteiger partial charge >= 0.3 is 5.69 Å². The number of aryl methyl sites for hydroxylation is 1. The van der Waals surface area contributed by atoms with Gasteiger partial charge in [-0.1, -0.05) is 0 Å². The number of fused-ring (bicyclic) bond motifs is 1. The number of methoxy groups -OCH3 is 2. The highest BCUT2D eigenvalue weighted by Crippen LogP contribution is 2.28. The molecule has 2 heterocycles. The summed E-state index contributed by atoms with van der Waals surface area (Å²) in [6, 6.07) is 0. The Labute approximate surface area is 162 Å².